The van der Waals surface area contributed by atoms with Crippen molar-refractivity contribution in [3.63, 3.8) is 0 Å². The zero-order valence-electron chi connectivity index (χ0n) is 44.1. The van der Waals surface area contributed by atoms with Crippen LogP contribution >= 0.6 is 11.6 Å². The smallest absolute Gasteiger partial charge is 0.458 e. The van der Waals surface area contributed by atoms with E-state index < -0.39 is 114 Å². The van der Waals surface area contributed by atoms with Gasteiger partial charge in [-0.15, -0.1) is 0 Å². The maximum Gasteiger partial charge on any atom is 0.509 e. The number of carbonyl (C=O) groups excluding carboxylic acids is 3. The van der Waals surface area contributed by atoms with E-state index in [9.17, 15) is 14.4 Å². The molecule has 0 bridgehead atoms. The van der Waals surface area contributed by atoms with Crippen molar-refractivity contribution in [2.45, 2.75) is 199 Å². The molecule has 70 heavy (non-hydrogen) atoms. The van der Waals surface area contributed by atoms with Gasteiger partial charge in [0.1, 0.15) is 18.8 Å². The summed E-state index contributed by atoms with van der Waals surface area (Å²) < 4.78 is 71.2. The zero-order valence-corrected chi connectivity index (χ0v) is 44.9. The number of methoxy groups -OCH3 is 2. The number of oxime groups is 1. The molecule has 4 fully saturated rings. The number of carbonyl (C=O) groups is 3. The molecule has 0 spiro atoms. The summed E-state index contributed by atoms with van der Waals surface area (Å²) in [6.07, 6.45) is -7.04. The minimum atomic E-state index is -1.46. The van der Waals surface area contributed by atoms with Crippen LogP contribution in [0.4, 0.5) is 4.79 Å². The van der Waals surface area contributed by atoms with E-state index >= 15 is 0 Å². The van der Waals surface area contributed by atoms with E-state index in [4.69, 9.17) is 79.4 Å². The SMILES string of the molecule is CC[C@H]1OC(=O)[C@H](C)[C@@H](O[C@H]2C[C@@](C)(OC)[C@@H](OCCCN)[C@H](C)O2)[C@H](C)[C@@H](O[C@@H]2O[C@H](C)C[C@H](N(C)C)[C@H]2OC(C)=O)[C@](C)(OC)C[C@@H](C)/C(=N\OCc2ccccc2Cl)[C@H](C)[C@H]2OC(=O)O[C@@]21C. The molecule has 0 aromatic heterocycles. The van der Waals surface area contributed by atoms with E-state index in [0.717, 1.165) is 0 Å². The first-order chi connectivity index (χ1) is 33.0. The van der Waals surface area contributed by atoms with Crippen molar-refractivity contribution in [3.8, 4) is 0 Å². The summed E-state index contributed by atoms with van der Waals surface area (Å²) in [6.45, 7) is 21.1. The predicted octanol–water partition coefficient (Wildman–Crippen LogP) is 7.22. The van der Waals surface area contributed by atoms with E-state index in [1.165, 1.54) is 6.92 Å². The van der Waals surface area contributed by atoms with Gasteiger partial charge in [-0.25, -0.2) is 4.79 Å². The van der Waals surface area contributed by atoms with Crippen LogP contribution < -0.4 is 5.73 Å². The summed E-state index contributed by atoms with van der Waals surface area (Å²) in [5, 5.41) is 5.30. The number of likely N-dealkylation sites (N-methyl/N-ethyl adjacent to an activating group) is 1. The minimum absolute atomic E-state index is 0.0452. The molecule has 0 amide bonds. The molecule has 0 radical (unpaired) electrons. The number of halogens is 1. The fraction of sp³-hybridized carbons (Fsp3) is 0.804. The monoisotopic (exact) mass is 1010 g/mol. The van der Waals surface area contributed by atoms with E-state index in [0.29, 0.717) is 42.3 Å². The van der Waals surface area contributed by atoms with Gasteiger partial charge in [0.2, 0.25) is 0 Å². The molecule has 19 heteroatoms. The third kappa shape index (κ3) is 13.1. The van der Waals surface area contributed by atoms with E-state index in [2.05, 4.69) is 0 Å². The molecular formula is C51H82ClN3O15. The molecule has 1 aromatic carbocycles. The average molecular weight is 1010 g/mol. The topological polar surface area (TPSA) is 204 Å². The van der Waals surface area contributed by atoms with Crippen molar-refractivity contribution in [1.29, 1.82) is 0 Å². The van der Waals surface area contributed by atoms with Crippen molar-refractivity contribution in [1.82, 2.24) is 4.90 Å². The number of benzene rings is 1. The number of fused-ring (bicyclic) bond motifs is 1. The van der Waals surface area contributed by atoms with Gasteiger partial charge in [0.05, 0.1) is 53.3 Å². The Labute approximate surface area is 420 Å². The lowest BCUT2D eigenvalue weighted by Crippen LogP contribution is -2.62. The standard InChI is InChI=1S/C51H82ClN3O15/c1-16-38-51(11)44(69-48(58)70-51)30(4)40(54-62-27-35-20-17-18-21-36(35)52)28(2)25-49(9,59-14)43(68-47-42(65-34(8)56)37(55(12)13)24-29(3)63-47)31(5)41(32(6)46(57)66-38)67-39-26-50(10,60-15)45(33(7)64-39)61-23-19-22-53/h17-18,20-21,28-33,37-39,41-45,47H,16,19,22-27,53H2,1-15H3/b54-40+/t28-,29-,30+,31+,32-,33+,37+,38-,39+,41+,42-,43-,44-,45+,47+,49-,50-,51-/m1/s1. The highest BCUT2D eigenvalue weighted by atomic mass is 35.5. The lowest BCUT2D eigenvalue weighted by Gasteiger charge is -2.50. The predicted molar refractivity (Wildman–Crippen MR) is 260 cm³/mol. The molecule has 1 aromatic rings. The number of hydrogen-bond acceptors (Lipinski definition) is 18. The van der Waals surface area contributed by atoms with Crippen LogP contribution in [0.5, 0.6) is 0 Å². The highest BCUT2D eigenvalue weighted by Crippen LogP contribution is 2.45. The first-order valence-electron chi connectivity index (χ1n) is 24.9. The highest BCUT2D eigenvalue weighted by Gasteiger charge is 2.59. The molecule has 5 rings (SSSR count). The number of ether oxygens (including phenoxy) is 11. The summed E-state index contributed by atoms with van der Waals surface area (Å²) in [6, 6.07) is 7.02. The third-order valence-corrected chi connectivity index (χ3v) is 15.4. The van der Waals surface area contributed by atoms with Gasteiger partial charge >= 0.3 is 18.1 Å². The summed E-state index contributed by atoms with van der Waals surface area (Å²) in [4.78, 5) is 49.2. The van der Waals surface area contributed by atoms with Crippen molar-refractivity contribution >= 4 is 35.4 Å². The van der Waals surface area contributed by atoms with E-state index in [1.807, 2.05) is 92.6 Å². The van der Waals surface area contributed by atoms with Crippen LogP contribution in [0.3, 0.4) is 0 Å². The van der Waals surface area contributed by atoms with Crippen LogP contribution in [0.1, 0.15) is 114 Å². The Bertz CT molecular complexity index is 1930. The minimum Gasteiger partial charge on any atom is -0.458 e. The van der Waals surface area contributed by atoms with Crippen LogP contribution in [0.15, 0.2) is 29.4 Å². The highest BCUT2D eigenvalue weighted by molar-refractivity contribution is 6.31. The molecule has 0 aliphatic carbocycles. The van der Waals surface area contributed by atoms with Crippen LogP contribution in [-0.4, -0.2) is 154 Å². The van der Waals surface area contributed by atoms with Gasteiger partial charge < -0.3 is 67.6 Å². The maximum absolute atomic E-state index is 15.0. The fourth-order valence-electron chi connectivity index (χ4n) is 11.1. The number of cyclic esters (lactones) is 1. The second-order valence-electron chi connectivity index (χ2n) is 20.6. The van der Waals surface area contributed by atoms with Crippen molar-refractivity contribution in [2.24, 2.45) is 34.6 Å². The molecule has 4 aliphatic rings. The summed E-state index contributed by atoms with van der Waals surface area (Å²) in [5.74, 6) is -3.98. The summed E-state index contributed by atoms with van der Waals surface area (Å²) in [5.41, 5.74) is 3.45. The Hall–Kier alpha value is -3.17. The molecule has 18 atom stereocenters. The van der Waals surface area contributed by atoms with Gasteiger partial charge in [0.25, 0.3) is 0 Å². The number of nitrogens with zero attached hydrogens (tertiary/aromatic N) is 2. The Morgan fingerprint density at radius 3 is 2.20 bits per heavy atom. The molecule has 0 unspecified atom stereocenters. The van der Waals surface area contributed by atoms with Gasteiger partial charge in [-0.1, -0.05) is 62.7 Å². The van der Waals surface area contributed by atoms with Gasteiger partial charge in [-0.2, -0.15) is 0 Å². The average Bonchev–Trinajstić information content (AvgIpc) is 3.62. The molecule has 4 saturated heterocycles. The molecule has 398 valence electrons. The van der Waals surface area contributed by atoms with Crippen molar-refractivity contribution in [2.75, 3.05) is 41.5 Å². The third-order valence-electron chi connectivity index (χ3n) is 15.0. The Morgan fingerprint density at radius 2 is 1.59 bits per heavy atom. The Kier molecular flexibility index (Phi) is 20.4. The normalized spacial score (nSPS) is 40.4. The molecule has 2 N–H and O–H groups in total. The summed E-state index contributed by atoms with van der Waals surface area (Å²) in [7, 11) is 7.05. The molecule has 4 heterocycles. The first-order valence-corrected chi connectivity index (χ1v) is 25.3. The van der Waals surface area contributed by atoms with E-state index in [1.54, 1.807) is 34.1 Å². The second kappa shape index (κ2) is 24.7. The van der Waals surface area contributed by atoms with Crippen molar-refractivity contribution in [3.05, 3.63) is 34.9 Å². The van der Waals surface area contributed by atoms with Crippen LogP contribution in [-0.2, 0) is 73.1 Å². The number of nitrogens with two attached hydrogens (primary N) is 1. The Balaban J connectivity index is 1.69. The lowest BCUT2D eigenvalue weighted by atomic mass is 9.73. The molecular weight excluding hydrogens is 930 g/mol. The second-order valence-corrected chi connectivity index (χ2v) is 21.0. The maximum atomic E-state index is 15.0. The quantitative estimate of drug-likeness (QED) is 0.0751. The summed E-state index contributed by atoms with van der Waals surface area (Å²) >= 11 is 6.54. The van der Waals surface area contributed by atoms with Crippen molar-refractivity contribution < 1.29 is 71.3 Å². The van der Waals surface area contributed by atoms with Crippen LogP contribution in [0.25, 0.3) is 0 Å². The zero-order chi connectivity index (χ0) is 51.9. The molecule has 0 saturated carbocycles. The molecule has 4 aliphatic heterocycles. The lowest BCUT2D eigenvalue weighted by molar-refractivity contribution is -0.322. The van der Waals surface area contributed by atoms with Gasteiger partial charge in [0.15, 0.2) is 30.4 Å². The number of hydrogen-bond donors (Lipinski definition) is 1. The Morgan fingerprint density at radius 1 is 0.914 bits per heavy atom. The van der Waals surface area contributed by atoms with Crippen LogP contribution in [0.2, 0.25) is 5.02 Å². The molecule has 18 nitrogen and oxygen atoms in total. The fourth-order valence-corrected chi connectivity index (χ4v) is 11.3. The number of rotatable bonds is 16. The van der Waals surface area contributed by atoms with Crippen LogP contribution in [0, 0.1) is 23.7 Å². The largest absolute Gasteiger partial charge is 0.509 e. The van der Waals surface area contributed by atoms with E-state index in [-0.39, 0.29) is 38.0 Å². The van der Waals surface area contributed by atoms with Gasteiger partial charge in [0, 0.05) is 62.5 Å². The first kappa shape index (κ1) is 57.7. The van der Waals surface area contributed by atoms with Gasteiger partial charge in [-0.3, -0.25) is 9.59 Å². The van der Waals surface area contributed by atoms with Gasteiger partial charge in [-0.05, 0) is 93.9 Å². The number of esters is 2.